The van der Waals surface area contributed by atoms with E-state index in [0.717, 1.165) is 5.56 Å². The predicted octanol–water partition coefficient (Wildman–Crippen LogP) is 3.08. The molecule has 1 unspecified atom stereocenters. The smallest absolute Gasteiger partial charge is 0.128 e. The van der Waals surface area contributed by atoms with Gasteiger partial charge in [0.15, 0.2) is 0 Å². The molecule has 2 nitrogen and oxygen atoms in total. The van der Waals surface area contributed by atoms with Crippen molar-refractivity contribution in [3.05, 3.63) is 71.5 Å². The Balaban J connectivity index is 1.84. The van der Waals surface area contributed by atoms with Crippen molar-refractivity contribution >= 4 is 0 Å². The van der Waals surface area contributed by atoms with E-state index < -0.39 is 6.10 Å². The van der Waals surface area contributed by atoms with Crippen molar-refractivity contribution < 1.29 is 14.2 Å². The van der Waals surface area contributed by atoms with Crippen LogP contribution >= 0.6 is 0 Å². The lowest BCUT2D eigenvalue weighted by atomic mass is 10.1. The van der Waals surface area contributed by atoms with E-state index in [1.165, 1.54) is 6.07 Å². The van der Waals surface area contributed by atoms with Gasteiger partial charge in [0.2, 0.25) is 0 Å². The van der Waals surface area contributed by atoms with Gasteiger partial charge in [-0.15, -0.1) is 0 Å². The molecule has 0 amide bonds. The molecule has 1 N–H and O–H groups in total. The second-order valence-electron chi connectivity index (χ2n) is 4.03. The van der Waals surface area contributed by atoms with Crippen LogP contribution in [-0.2, 0) is 11.3 Å². The molecule has 94 valence electrons. The highest BCUT2D eigenvalue weighted by Crippen LogP contribution is 2.14. The maximum Gasteiger partial charge on any atom is 0.128 e. The van der Waals surface area contributed by atoms with Crippen LogP contribution in [-0.4, -0.2) is 11.7 Å². The molecule has 0 aliphatic rings. The molecule has 18 heavy (non-hydrogen) atoms. The van der Waals surface area contributed by atoms with Gasteiger partial charge in [0.25, 0.3) is 0 Å². The molecule has 1 atom stereocenters. The van der Waals surface area contributed by atoms with Gasteiger partial charge in [0.05, 0.1) is 13.2 Å². The number of aliphatic hydroxyl groups is 1. The van der Waals surface area contributed by atoms with Crippen LogP contribution in [0, 0.1) is 5.82 Å². The van der Waals surface area contributed by atoms with Crippen molar-refractivity contribution in [3.63, 3.8) is 0 Å². The first-order valence-electron chi connectivity index (χ1n) is 5.81. The summed E-state index contributed by atoms with van der Waals surface area (Å²) in [6.07, 6.45) is -0.682. The summed E-state index contributed by atoms with van der Waals surface area (Å²) in [6, 6.07) is 15.7. The molecule has 0 radical (unpaired) electrons. The van der Waals surface area contributed by atoms with E-state index in [-0.39, 0.29) is 19.0 Å². The number of hydrogen-bond donors (Lipinski definition) is 1. The van der Waals surface area contributed by atoms with Gasteiger partial charge in [-0.25, -0.2) is 4.39 Å². The lowest BCUT2D eigenvalue weighted by Crippen LogP contribution is -2.07. The van der Waals surface area contributed by atoms with Crippen LogP contribution in [0.2, 0.25) is 0 Å². The zero-order valence-corrected chi connectivity index (χ0v) is 9.92. The number of hydrogen-bond acceptors (Lipinski definition) is 2. The molecule has 0 fully saturated rings. The minimum atomic E-state index is -0.682. The molecule has 2 aromatic carbocycles. The van der Waals surface area contributed by atoms with Crippen LogP contribution in [0.25, 0.3) is 0 Å². The normalized spacial score (nSPS) is 12.3. The highest BCUT2D eigenvalue weighted by molar-refractivity contribution is 5.18. The summed E-state index contributed by atoms with van der Waals surface area (Å²) >= 11 is 0. The molecule has 0 saturated carbocycles. The number of ether oxygens (including phenoxy) is 1. The van der Waals surface area contributed by atoms with Gasteiger partial charge in [-0.1, -0.05) is 48.5 Å². The van der Waals surface area contributed by atoms with Crippen molar-refractivity contribution in [1.29, 1.82) is 0 Å². The first-order valence-corrected chi connectivity index (χ1v) is 5.81. The van der Waals surface area contributed by atoms with Crippen LogP contribution < -0.4 is 0 Å². The summed E-state index contributed by atoms with van der Waals surface area (Å²) in [5.74, 6) is -0.285. The number of halogens is 1. The van der Waals surface area contributed by atoms with Crippen LogP contribution in [0.5, 0.6) is 0 Å². The Morgan fingerprint density at radius 2 is 1.67 bits per heavy atom. The molecule has 2 aromatic rings. The molecule has 0 aromatic heterocycles. The highest BCUT2D eigenvalue weighted by atomic mass is 19.1. The van der Waals surface area contributed by atoms with E-state index >= 15 is 0 Å². The van der Waals surface area contributed by atoms with Crippen molar-refractivity contribution in [2.24, 2.45) is 0 Å². The third-order valence-electron chi connectivity index (χ3n) is 2.68. The predicted molar refractivity (Wildman–Crippen MR) is 67.5 cm³/mol. The molecular formula is C15H15FO2. The minimum Gasteiger partial charge on any atom is -0.386 e. The van der Waals surface area contributed by atoms with Crippen LogP contribution in [0.1, 0.15) is 17.2 Å². The Morgan fingerprint density at radius 3 is 2.39 bits per heavy atom. The molecule has 0 heterocycles. The molecule has 3 heteroatoms. The fourth-order valence-corrected chi connectivity index (χ4v) is 1.67. The fraction of sp³-hybridized carbons (Fsp3) is 0.200. The minimum absolute atomic E-state index is 0.151. The summed E-state index contributed by atoms with van der Waals surface area (Å²) < 4.78 is 18.6. The van der Waals surface area contributed by atoms with Gasteiger partial charge in [-0.05, 0) is 11.6 Å². The fourth-order valence-electron chi connectivity index (χ4n) is 1.67. The first-order chi connectivity index (χ1) is 8.77. The average Bonchev–Trinajstić information content (AvgIpc) is 2.42. The van der Waals surface area contributed by atoms with Crippen molar-refractivity contribution in [3.8, 4) is 0 Å². The van der Waals surface area contributed by atoms with Gasteiger partial charge in [0.1, 0.15) is 11.9 Å². The SMILES string of the molecule is OC(COCc1ccccc1F)c1ccccc1. The van der Waals surface area contributed by atoms with E-state index in [2.05, 4.69) is 0 Å². The first kappa shape index (κ1) is 12.7. The summed E-state index contributed by atoms with van der Waals surface area (Å²) in [6.45, 7) is 0.314. The molecule has 0 bridgehead atoms. The average molecular weight is 246 g/mol. The van der Waals surface area contributed by atoms with Crippen molar-refractivity contribution in [2.45, 2.75) is 12.7 Å². The summed E-state index contributed by atoms with van der Waals surface area (Å²) in [4.78, 5) is 0. The van der Waals surface area contributed by atoms with Crippen LogP contribution in [0.4, 0.5) is 4.39 Å². The topological polar surface area (TPSA) is 29.5 Å². The second kappa shape index (κ2) is 6.28. The third-order valence-corrected chi connectivity index (χ3v) is 2.68. The Bertz CT molecular complexity index is 485. The summed E-state index contributed by atoms with van der Waals surface area (Å²) in [5.41, 5.74) is 1.30. The molecule has 0 spiro atoms. The van der Waals surface area contributed by atoms with Gasteiger partial charge in [0, 0.05) is 5.56 Å². The number of benzene rings is 2. The lowest BCUT2D eigenvalue weighted by Gasteiger charge is -2.11. The highest BCUT2D eigenvalue weighted by Gasteiger charge is 2.07. The van der Waals surface area contributed by atoms with Gasteiger partial charge in [-0.3, -0.25) is 0 Å². The largest absolute Gasteiger partial charge is 0.386 e. The Morgan fingerprint density at radius 1 is 1.00 bits per heavy atom. The van der Waals surface area contributed by atoms with E-state index in [1.54, 1.807) is 18.2 Å². The van der Waals surface area contributed by atoms with Crippen LogP contribution in [0.3, 0.4) is 0 Å². The molecule has 0 saturated heterocycles. The monoisotopic (exact) mass is 246 g/mol. The van der Waals surface area contributed by atoms with E-state index in [0.29, 0.717) is 5.56 Å². The number of rotatable bonds is 5. The Labute approximate surface area is 106 Å². The number of aliphatic hydroxyl groups excluding tert-OH is 1. The lowest BCUT2D eigenvalue weighted by molar-refractivity contribution is 0.0267. The summed E-state index contributed by atoms with van der Waals surface area (Å²) in [7, 11) is 0. The van der Waals surface area contributed by atoms with Gasteiger partial charge in [-0.2, -0.15) is 0 Å². The van der Waals surface area contributed by atoms with E-state index in [9.17, 15) is 9.50 Å². The van der Waals surface area contributed by atoms with E-state index in [4.69, 9.17) is 4.74 Å². The third kappa shape index (κ3) is 3.39. The van der Waals surface area contributed by atoms with Gasteiger partial charge >= 0.3 is 0 Å². The molecule has 0 aliphatic carbocycles. The van der Waals surface area contributed by atoms with Crippen molar-refractivity contribution in [1.82, 2.24) is 0 Å². The zero-order valence-electron chi connectivity index (χ0n) is 9.92. The van der Waals surface area contributed by atoms with E-state index in [1.807, 2.05) is 30.3 Å². The Kier molecular flexibility index (Phi) is 4.45. The maximum absolute atomic E-state index is 13.3. The Hall–Kier alpha value is -1.71. The maximum atomic E-state index is 13.3. The van der Waals surface area contributed by atoms with Gasteiger partial charge < -0.3 is 9.84 Å². The zero-order chi connectivity index (χ0) is 12.8. The second-order valence-corrected chi connectivity index (χ2v) is 4.03. The molecular weight excluding hydrogens is 231 g/mol. The van der Waals surface area contributed by atoms with Crippen LogP contribution in [0.15, 0.2) is 54.6 Å². The van der Waals surface area contributed by atoms with Crippen molar-refractivity contribution in [2.75, 3.05) is 6.61 Å². The quantitative estimate of drug-likeness (QED) is 0.878. The molecule has 0 aliphatic heterocycles. The standard InChI is InChI=1S/C15H15FO2/c16-14-9-5-4-8-13(14)10-18-11-15(17)12-6-2-1-3-7-12/h1-9,15,17H,10-11H2. The molecule has 2 rings (SSSR count). The summed E-state index contributed by atoms with van der Waals surface area (Å²) in [5, 5.41) is 9.85.